The SMILES string of the molecule is CN(CCC(=O)O)C(=O)c1cc(Br)c2c(c1)OCCO2. The highest BCUT2D eigenvalue weighted by atomic mass is 79.9. The standard InChI is InChI=1S/C13H14BrNO5/c1-15(3-2-11(16)17)13(18)8-6-9(14)12-10(7-8)19-4-5-20-12/h6-7H,2-5H2,1H3,(H,16,17). The number of carbonyl (C=O) groups is 2. The second kappa shape index (κ2) is 6.13. The second-order valence-electron chi connectivity index (χ2n) is 4.35. The predicted octanol–water partition coefficient (Wildman–Crippen LogP) is 1.77. The van der Waals surface area contributed by atoms with Gasteiger partial charge in [-0.3, -0.25) is 9.59 Å². The summed E-state index contributed by atoms with van der Waals surface area (Å²) in [6.07, 6.45) is -0.0893. The average Bonchev–Trinajstić information content (AvgIpc) is 2.43. The van der Waals surface area contributed by atoms with Gasteiger partial charge in [-0.1, -0.05) is 0 Å². The molecule has 0 unspecified atom stereocenters. The van der Waals surface area contributed by atoms with Gasteiger partial charge in [-0.2, -0.15) is 0 Å². The van der Waals surface area contributed by atoms with Gasteiger partial charge in [0.15, 0.2) is 11.5 Å². The van der Waals surface area contributed by atoms with Crippen molar-refractivity contribution in [2.45, 2.75) is 6.42 Å². The molecule has 1 aliphatic rings. The zero-order chi connectivity index (χ0) is 14.7. The van der Waals surface area contributed by atoms with Crippen molar-refractivity contribution >= 4 is 27.8 Å². The van der Waals surface area contributed by atoms with E-state index in [9.17, 15) is 9.59 Å². The molecule has 2 rings (SSSR count). The van der Waals surface area contributed by atoms with E-state index >= 15 is 0 Å². The number of ether oxygens (including phenoxy) is 2. The number of carboxylic acids is 1. The van der Waals surface area contributed by atoms with Crippen molar-refractivity contribution in [2.75, 3.05) is 26.8 Å². The first kappa shape index (κ1) is 14.6. The van der Waals surface area contributed by atoms with Crippen molar-refractivity contribution in [2.24, 2.45) is 0 Å². The molecule has 0 fully saturated rings. The topological polar surface area (TPSA) is 76.1 Å². The number of hydrogen-bond donors (Lipinski definition) is 1. The van der Waals surface area contributed by atoms with Gasteiger partial charge in [0.2, 0.25) is 0 Å². The minimum absolute atomic E-state index is 0.0893. The Morgan fingerprint density at radius 3 is 2.75 bits per heavy atom. The van der Waals surface area contributed by atoms with Crippen LogP contribution in [0.5, 0.6) is 11.5 Å². The molecule has 108 valence electrons. The first-order valence-electron chi connectivity index (χ1n) is 6.05. The monoisotopic (exact) mass is 343 g/mol. The number of benzene rings is 1. The van der Waals surface area contributed by atoms with Gasteiger partial charge in [-0.05, 0) is 28.1 Å². The lowest BCUT2D eigenvalue weighted by molar-refractivity contribution is -0.137. The zero-order valence-electron chi connectivity index (χ0n) is 10.9. The third kappa shape index (κ3) is 3.22. The van der Waals surface area contributed by atoms with Crippen molar-refractivity contribution in [3.63, 3.8) is 0 Å². The molecule has 1 aromatic carbocycles. The number of rotatable bonds is 4. The molecule has 1 amide bonds. The number of hydrogen-bond acceptors (Lipinski definition) is 4. The van der Waals surface area contributed by atoms with Crippen molar-refractivity contribution < 1.29 is 24.2 Å². The highest BCUT2D eigenvalue weighted by Crippen LogP contribution is 2.38. The zero-order valence-corrected chi connectivity index (χ0v) is 12.5. The maximum absolute atomic E-state index is 12.2. The molecule has 1 aromatic rings. The molecule has 0 saturated heterocycles. The maximum atomic E-state index is 12.2. The van der Waals surface area contributed by atoms with Gasteiger partial charge >= 0.3 is 5.97 Å². The van der Waals surface area contributed by atoms with E-state index in [1.54, 1.807) is 19.2 Å². The Kier molecular flexibility index (Phi) is 4.49. The minimum Gasteiger partial charge on any atom is -0.486 e. The first-order chi connectivity index (χ1) is 9.49. The molecular weight excluding hydrogens is 330 g/mol. The van der Waals surface area contributed by atoms with E-state index in [0.717, 1.165) is 0 Å². The van der Waals surface area contributed by atoms with E-state index in [2.05, 4.69) is 15.9 Å². The van der Waals surface area contributed by atoms with Crippen LogP contribution < -0.4 is 9.47 Å². The largest absolute Gasteiger partial charge is 0.486 e. The number of aliphatic carboxylic acids is 1. The van der Waals surface area contributed by atoms with E-state index in [1.165, 1.54) is 4.90 Å². The summed E-state index contributed by atoms with van der Waals surface area (Å²) in [7, 11) is 1.57. The fourth-order valence-electron chi connectivity index (χ4n) is 1.82. The van der Waals surface area contributed by atoms with Crippen molar-refractivity contribution in [1.29, 1.82) is 0 Å². The summed E-state index contributed by atoms with van der Waals surface area (Å²) in [4.78, 5) is 24.1. The van der Waals surface area contributed by atoms with Crippen LogP contribution in [0.25, 0.3) is 0 Å². The Bertz CT molecular complexity index is 546. The lowest BCUT2D eigenvalue weighted by Crippen LogP contribution is -2.29. The summed E-state index contributed by atoms with van der Waals surface area (Å²) in [5, 5.41) is 8.63. The summed E-state index contributed by atoms with van der Waals surface area (Å²) < 4.78 is 11.6. The number of carboxylic acid groups (broad SMARTS) is 1. The van der Waals surface area contributed by atoms with Gasteiger partial charge in [0.25, 0.3) is 5.91 Å². The van der Waals surface area contributed by atoms with Crippen LogP contribution in [-0.2, 0) is 4.79 Å². The Balaban J connectivity index is 2.18. The van der Waals surface area contributed by atoms with Gasteiger partial charge < -0.3 is 19.5 Å². The van der Waals surface area contributed by atoms with Crippen LogP contribution in [0.1, 0.15) is 16.8 Å². The van der Waals surface area contributed by atoms with Gasteiger partial charge in [0, 0.05) is 19.2 Å². The number of nitrogens with zero attached hydrogens (tertiary/aromatic N) is 1. The van der Waals surface area contributed by atoms with Crippen molar-refractivity contribution in [3.8, 4) is 11.5 Å². The molecule has 0 saturated carbocycles. The molecule has 0 atom stereocenters. The summed E-state index contributed by atoms with van der Waals surface area (Å²) in [5.41, 5.74) is 0.425. The molecule has 1 aliphatic heterocycles. The summed E-state index contributed by atoms with van der Waals surface area (Å²) in [5.74, 6) is -0.0986. The number of halogens is 1. The van der Waals surface area contributed by atoms with Gasteiger partial charge in [-0.25, -0.2) is 0 Å². The molecule has 1 N–H and O–H groups in total. The summed E-state index contributed by atoms with van der Waals surface area (Å²) >= 11 is 3.34. The molecular formula is C13H14BrNO5. The van der Waals surface area contributed by atoms with Crippen LogP contribution in [0.15, 0.2) is 16.6 Å². The number of carbonyl (C=O) groups excluding carboxylic acids is 1. The second-order valence-corrected chi connectivity index (χ2v) is 5.21. The van der Waals surface area contributed by atoms with Gasteiger partial charge in [-0.15, -0.1) is 0 Å². The van der Waals surface area contributed by atoms with Crippen LogP contribution in [-0.4, -0.2) is 48.7 Å². The van der Waals surface area contributed by atoms with E-state index in [1.807, 2.05) is 0 Å². The molecule has 6 nitrogen and oxygen atoms in total. The van der Waals surface area contributed by atoms with Crippen molar-refractivity contribution in [3.05, 3.63) is 22.2 Å². The highest BCUT2D eigenvalue weighted by Gasteiger charge is 2.20. The maximum Gasteiger partial charge on any atom is 0.305 e. The smallest absolute Gasteiger partial charge is 0.305 e. The van der Waals surface area contributed by atoms with E-state index in [-0.39, 0.29) is 18.9 Å². The fraction of sp³-hybridized carbons (Fsp3) is 0.385. The molecule has 0 radical (unpaired) electrons. The molecule has 0 bridgehead atoms. The minimum atomic E-state index is -0.937. The third-order valence-corrected chi connectivity index (χ3v) is 3.44. The highest BCUT2D eigenvalue weighted by molar-refractivity contribution is 9.10. The molecule has 0 aromatic heterocycles. The van der Waals surface area contributed by atoms with E-state index in [4.69, 9.17) is 14.6 Å². The molecule has 1 heterocycles. The first-order valence-corrected chi connectivity index (χ1v) is 6.84. The van der Waals surface area contributed by atoms with E-state index < -0.39 is 5.97 Å². The molecule has 0 spiro atoms. The van der Waals surface area contributed by atoms with Gasteiger partial charge in [0.1, 0.15) is 13.2 Å². The Hall–Kier alpha value is -1.76. The average molecular weight is 344 g/mol. The Labute approximate surface area is 124 Å². The van der Waals surface area contributed by atoms with Crippen LogP contribution in [0.2, 0.25) is 0 Å². The quantitative estimate of drug-likeness (QED) is 0.901. The Morgan fingerprint density at radius 1 is 1.35 bits per heavy atom. The lowest BCUT2D eigenvalue weighted by Gasteiger charge is -2.22. The molecule has 0 aliphatic carbocycles. The number of amides is 1. The predicted molar refractivity (Wildman–Crippen MR) is 74.3 cm³/mol. The van der Waals surface area contributed by atoms with Crippen LogP contribution in [0.3, 0.4) is 0 Å². The Morgan fingerprint density at radius 2 is 2.05 bits per heavy atom. The van der Waals surface area contributed by atoms with Crippen LogP contribution in [0.4, 0.5) is 0 Å². The molecule has 7 heteroatoms. The lowest BCUT2D eigenvalue weighted by atomic mass is 10.1. The number of fused-ring (bicyclic) bond motifs is 1. The molecule has 20 heavy (non-hydrogen) atoms. The van der Waals surface area contributed by atoms with Gasteiger partial charge in [0.05, 0.1) is 10.9 Å². The normalized spacial score (nSPS) is 12.9. The summed E-state index contributed by atoms with van der Waals surface area (Å²) in [6, 6.07) is 3.26. The summed E-state index contributed by atoms with van der Waals surface area (Å²) in [6.45, 7) is 1.06. The van der Waals surface area contributed by atoms with E-state index in [0.29, 0.717) is 34.7 Å². The van der Waals surface area contributed by atoms with Crippen LogP contribution in [0, 0.1) is 0 Å². The van der Waals surface area contributed by atoms with Crippen molar-refractivity contribution in [1.82, 2.24) is 4.90 Å². The third-order valence-electron chi connectivity index (χ3n) is 2.85. The van der Waals surface area contributed by atoms with Crippen LogP contribution >= 0.6 is 15.9 Å². The fourth-order valence-corrected chi connectivity index (χ4v) is 2.38.